The van der Waals surface area contributed by atoms with Crippen molar-refractivity contribution in [1.29, 1.82) is 0 Å². The van der Waals surface area contributed by atoms with Gasteiger partial charge in [0.25, 0.3) is 0 Å². The van der Waals surface area contributed by atoms with E-state index in [0.717, 1.165) is 36.1 Å². The van der Waals surface area contributed by atoms with Crippen LogP contribution in [0.5, 0.6) is 5.75 Å². The van der Waals surface area contributed by atoms with Gasteiger partial charge in [-0.25, -0.2) is 0 Å². The highest BCUT2D eigenvalue weighted by Crippen LogP contribution is 2.28. The second kappa shape index (κ2) is 7.66. The number of carbonyl (C=O) groups is 1. The minimum atomic E-state index is -0.0609. The number of hydrogen-bond donors (Lipinski definition) is 2. The second-order valence-corrected chi connectivity index (χ2v) is 5.75. The third kappa shape index (κ3) is 4.35. The summed E-state index contributed by atoms with van der Waals surface area (Å²) >= 11 is 0. The van der Waals surface area contributed by atoms with E-state index >= 15 is 0 Å². The number of benzene rings is 1. The van der Waals surface area contributed by atoms with Crippen LogP contribution in [-0.2, 0) is 4.79 Å². The number of hydrogen-bond acceptors (Lipinski definition) is 3. The van der Waals surface area contributed by atoms with Gasteiger partial charge in [-0.2, -0.15) is 0 Å². The highest BCUT2D eigenvalue weighted by Gasteiger charge is 2.28. The normalized spacial score (nSPS) is 22.3. The molecule has 3 N–H and O–H groups in total. The van der Waals surface area contributed by atoms with Crippen LogP contribution < -0.4 is 15.8 Å². The number of nitrogens with two attached hydrogens (primary N) is 1. The molecule has 1 amide bonds. The molecular weight excluding hydrogens is 288 g/mol. The number of rotatable bonds is 4. The fourth-order valence-corrected chi connectivity index (χ4v) is 2.86. The van der Waals surface area contributed by atoms with E-state index in [1.54, 1.807) is 7.11 Å². The van der Waals surface area contributed by atoms with Crippen LogP contribution in [0.4, 0.5) is 0 Å². The first-order valence-electron chi connectivity index (χ1n) is 7.21. The molecule has 21 heavy (non-hydrogen) atoms. The molecule has 0 aliphatic heterocycles. The Morgan fingerprint density at radius 1 is 1.43 bits per heavy atom. The molecule has 4 nitrogen and oxygen atoms in total. The van der Waals surface area contributed by atoms with Crippen LogP contribution in [0.15, 0.2) is 18.2 Å². The van der Waals surface area contributed by atoms with E-state index in [1.807, 2.05) is 26.0 Å². The first kappa shape index (κ1) is 17.8. The predicted molar refractivity (Wildman–Crippen MR) is 86.9 cm³/mol. The van der Waals surface area contributed by atoms with Gasteiger partial charge < -0.3 is 15.8 Å². The Labute approximate surface area is 132 Å². The highest BCUT2D eigenvalue weighted by molar-refractivity contribution is 5.85. The predicted octanol–water partition coefficient (Wildman–Crippen LogP) is 2.73. The molecule has 2 rings (SSSR count). The Morgan fingerprint density at radius 2 is 2.14 bits per heavy atom. The van der Waals surface area contributed by atoms with Gasteiger partial charge in [-0.3, -0.25) is 4.79 Å². The van der Waals surface area contributed by atoms with Crippen LogP contribution in [0.2, 0.25) is 0 Å². The van der Waals surface area contributed by atoms with Crippen molar-refractivity contribution in [2.45, 2.75) is 45.2 Å². The van der Waals surface area contributed by atoms with Crippen LogP contribution in [-0.4, -0.2) is 19.1 Å². The van der Waals surface area contributed by atoms with Crippen molar-refractivity contribution in [2.24, 2.45) is 11.7 Å². The van der Waals surface area contributed by atoms with Crippen LogP contribution >= 0.6 is 12.4 Å². The quantitative estimate of drug-likeness (QED) is 0.898. The summed E-state index contributed by atoms with van der Waals surface area (Å²) in [7, 11) is 1.65. The summed E-state index contributed by atoms with van der Waals surface area (Å²) in [6, 6.07) is 6.12. The minimum absolute atomic E-state index is 0. The Kier molecular flexibility index (Phi) is 6.49. The van der Waals surface area contributed by atoms with Gasteiger partial charge in [-0.15, -0.1) is 12.4 Å². The van der Waals surface area contributed by atoms with E-state index < -0.39 is 0 Å². The number of nitrogens with one attached hydrogen (secondary N) is 1. The number of carbonyl (C=O) groups excluding carboxylic acids is 1. The highest BCUT2D eigenvalue weighted by atomic mass is 35.5. The molecule has 0 saturated heterocycles. The number of methoxy groups -OCH3 is 1. The SMILES string of the molecule is COc1ccc(C)cc1C(C)NC(=O)C1CCC(N)C1.Cl. The maximum absolute atomic E-state index is 12.3. The van der Waals surface area contributed by atoms with Gasteiger partial charge in [0, 0.05) is 17.5 Å². The zero-order chi connectivity index (χ0) is 14.7. The molecule has 3 atom stereocenters. The maximum atomic E-state index is 12.3. The first-order chi connectivity index (χ1) is 9.51. The van der Waals surface area contributed by atoms with Crippen molar-refractivity contribution in [3.05, 3.63) is 29.3 Å². The van der Waals surface area contributed by atoms with Crippen molar-refractivity contribution < 1.29 is 9.53 Å². The van der Waals surface area contributed by atoms with Crippen LogP contribution in [0.3, 0.4) is 0 Å². The zero-order valence-electron chi connectivity index (χ0n) is 12.9. The summed E-state index contributed by atoms with van der Waals surface area (Å²) in [5, 5.41) is 3.09. The Balaban J connectivity index is 0.00000220. The van der Waals surface area contributed by atoms with Gasteiger partial charge in [-0.1, -0.05) is 17.7 Å². The fourth-order valence-electron chi connectivity index (χ4n) is 2.86. The molecule has 1 aliphatic rings. The summed E-state index contributed by atoms with van der Waals surface area (Å²) in [5.41, 5.74) is 8.04. The molecule has 118 valence electrons. The molecule has 1 saturated carbocycles. The summed E-state index contributed by atoms with van der Waals surface area (Å²) in [6.45, 7) is 4.03. The van der Waals surface area contributed by atoms with Gasteiger partial charge in [-0.05, 0) is 39.2 Å². The molecule has 1 fully saturated rings. The van der Waals surface area contributed by atoms with Crippen molar-refractivity contribution in [3.63, 3.8) is 0 Å². The van der Waals surface area contributed by atoms with Gasteiger partial charge in [0.2, 0.25) is 5.91 Å². The van der Waals surface area contributed by atoms with Crippen LogP contribution in [0, 0.1) is 12.8 Å². The summed E-state index contributed by atoms with van der Waals surface area (Å²) in [6.07, 6.45) is 2.63. The molecule has 0 aromatic heterocycles. The van der Waals surface area contributed by atoms with E-state index in [0.29, 0.717) is 0 Å². The molecule has 1 aliphatic carbocycles. The molecule has 0 spiro atoms. The molecule has 0 heterocycles. The molecule has 0 radical (unpaired) electrons. The van der Waals surface area contributed by atoms with E-state index in [9.17, 15) is 4.79 Å². The number of aryl methyl sites for hydroxylation is 1. The largest absolute Gasteiger partial charge is 0.496 e. The van der Waals surface area contributed by atoms with Crippen molar-refractivity contribution >= 4 is 18.3 Å². The lowest BCUT2D eigenvalue weighted by Crippen LogP contribution is -2.32. The topological polar surface area (TPSA) is 64.3 Å². The van der Waals surface area contributed by atoms with Crippen molar-refractivity contribution in [2.75, 3.05) is 7.11 Å². The number of halogens is 1. The lowest BCUT2D eigenvalue weighted by Gasteiger charge is -2.20. The number of ether oxygens (including phenoxy) is 1. The fraction of sp³-hybridized carbons (Fsp3) is 0.562. The summed E-state index contributed by atoms with van der Waals surface area (Å²) < 4.78 is 5.37. The molecule has 1 aromatic carbocycles. The smallest absolute Gasteiger partial charge is 0.223 e. The maximum Gasteiger partial charge on any atom is 0.223 e. The summed E-state index contributed by atoms with van der Waals surface area (Å²) in [5.74, 6) is 0.976. The van der Waals surface area contributed by atoms with Crippen molar-refractivity contribution in [3.8, 4) is 5.75 Å². The standard InChI is InChI=1S/C16H24N2O2.ClH/c1-10-4-7-15(20-3)14(8-10)11(2)18-16(19)12-5-6-13(17)9-12;/h4,7-8,11-13H,5-6,9,17H2,1-3H3,(H,18,19);1H. The molecular formula is C16H25ClN2O2. The van der Waals surface area contributed by atoms with Crippen LogP contribution in [0.1, 0.15) is 43.4 Å². The lowest BCUT2D eigenvalue weighted by molar-refractivity contribution is -0.125. The van der Waals surface area contributed by atoms with Gasteiger partial charge in [0.15, 0.2) is 0 Å². The second-order valence-electron chi connectivity index (χ2n) is 5.75. The zero-order valence-corrected chi connectivity index (χ0v) is 13.7. The average Bonchev–Trinajstić information content (AvgIpc) is 2.85. The molecule has 1 aromatic rings. The monoisotopic (exact) mass is 312 g/mol. The Bertz CT molecular complexity index is 493. The van der Waals surface area contributed by atoms with E-state index in [2.05, 4.69) is 11.4 Å². The lowest BCUT2D eigenvalue weighted by atomic mass is 10.0. The first-order valence-corrected chi connectivity index (χ1v) is 7.21. The Hall–Kier alpha value is -1.26. The number of amides is 1. The molecule has 3 unspecified atom stereocenters. The average molecular weight is 313 g/mol. The molecule has 5 heteroatoms. The summed E-state index contributed by atoms with van der Waals surface area (Å²) in [4.78, 5) is 12.3. The minimum Gasteiger partial charge on any atom is -0.496 e. The Morgan fingerprint density at radius 3 is 2.71 bits per heavy atom. The van der Waals surface area contributed by atoms with Crippen LogP contribution in [0.25, 0.3) is 0 Å². The third-order valence-corrected chi connectivity index (χ3v) is 4.05. The van der Waals surface area contributed by atoms with E-state index in [4.69, 9.17) is 10.5 Å². The van der Waals surface area contributed by atoms with E-state index in [-0.39, 0.29) is 36.3 Å². The van der Waals surface area contributed by atoms with Gasteiger partial charge in [0.05, 0.1) is 13.2 Å². The van der Waals surface area contributed by atoms with Gasteiger partial charge >= 0.3 is 0 Å². The van der Waals surface area contributed by atoms with Crippen molar-refractivity contribution in [1.82, 2.24) is 5.32 Å². The van der Waals surface area contributed by atoms with E-state index in [1.165, 1.54) is 0 Å². The van der Waals surface area contributed by atoms with Gasteiger partial charge in [0.1, 0.15) is 5.75 Å². The molecule has 0 bridgehead atoms. The third-order valence-electron chi connectivity index (χ3n) is 4.05.